The molecule has 188 valence electrons. The topological polar surface area (TPSA) is 101 Å². The maximum atomic E-state index is 12.6. The van der Waals surface area contributed by atoms with Gasteiger partial charge >= 0.3 is 5.97 Å². The van der Waals surface area contributed by atoms with Gasteiger partial charge in [-0.05, 0) is 67.9 Å². The van der Waals surface area contributed by atoms with Crippen molar-refractivity contribution in [1.82, 2.24) is 15.3 Å². The lowest BCUT2D eigenvalue weighted by Gasteiger charge is -2.16. The van der Waals surface area contributed by atoms with Gasteiger partial charge in [0.15, 0.2) is 0 Å². The SMILES string of the molecule is O=C(N[C@@H](Cc1ccc(OCCCc2ccc3c(n2)CCCC3)cc1)C(=O)O)c1c(Cl)cncc1Cl. The normalized spacial score (nSPS) is 13.5. The number of carboxylic acids is 1. The van der Waals surface area contributed by atoms with Gasteiger partial charge in [0.1, 0.15) is 11.8 Å². The van der Waals surface area contributed by atoms with E-state index in [2.05, 4.69) is 22.4 Å². The minimum atomic E-state index is -1.17. The summed E-state index contributed by atoms with van der Waals surface area (Å²) >= 11 is 12.0. The van der Waals surface area contributed by atoms with E-state index >= 15 is 0 Å². The highest BCUT2D eigenvalue weighted by Crippen LogP contribution is 2.23. The van der Waals surface area contributed by atoms with E-state index in [0.29, 0.717) is 12.4 Å². The number of aryl methyl sites for hydroxylation is 3. The Balaban J connectivity index is 1.27. The molecule has 1 aromatic carbocycles. The maximum absolute atomic E-state index is 12.6. The largest absolute Gasteiger partial charge is 0.494 e. The fourth-order valence-electron chi connectivity index (χ4n) is 4.23. The number of nitrogens with one attached hydrogen (secondary N) is 1. The molecular weight excluding hydrogens is 501 g/mol. The molecule has 0 spiro atoms. The van der Waals surface area contributed by atoms with Gasteiger partial charge in [-0.2, -0.15) is 0 Å². The number of carboxylic acid groups (broad SMARTS) is 1. The Morgan fingerprint density at radius 2 is 1.75 bits per heavy atom. The Hall–Kier alpha value is -3.16. The summed E-state index contributed by atoms with van der Waals surface area (Å²) in [5.41, 5.74) is 4.47. The summed E-state index contributed by atoms with van der Waals surface area (Å²) < 4.78 is 5.85. The monoisotopic (exact) mass is 527 g/mol. The minimum absolute atomic E-state index is 0.00563. The van der Waals surface area contributed by atoms with Crippen LogP contribution >= 0.6 is 23.2 Å². The molecule has 0 fully saturated rings. The average Bonchev–Trinajstić information content (AvgIpc) is 2.87. The molecule has 1 aliphatic carbocycles. The number of pyridine rings is 2. The number of benzene rings is 1. The van der Waals surface area contributed by atoms with Crippen LogP contribution in [-0.4, -0.2) is 39.6 Å². The predicted molar refractivity (Wildman–Crippen MR) is 138 cm³/mol. The van der Waals surface area contributed by atoms with Crippen LogP contribution in [0.2, 0.25) is 10.0 Å². The summed E-state index contributed by atoms with van der Waals surface area (Å²) in [7, 11) is 0. The van der Waals surface area contributed by atoms with E-state index < -0.39 is 17.9 Å². The van der Waals surface area contributed by atoms with E-state index in [9.17, 15) is 14.7 Å². The summed E-state index contributed by atoms with van der Waals surface area (Å²) in [6.45, 7) is 0.555. The van der Waals surface area contributed by atoms with Crippen LogP contribution in [0.1, 0.15) is 52.1 Å². The van der Waals surface area contributed by atoms with Crippen molar-refractivity contribution in [2.75, 3.05) is 6.61 Å². The summed E-state index contributed by atoms with van der Waals surface area (Å²) in [6.07, 6.45) is 9.03. The zero-order valence-electron chi connectivity index (χ0n) is 19.7. The number of aliphatic carboxylic acids is 1. The molecule has 3 aromatic rings. The molecule has 9 heteroatoms. The second-order valence-electron chi connectivity index (χ2n) is 8.76. The van der Waals surface area contributed by atoms with Crippen LogP contribution in [0.4, 0.5) is 0 Å². The first kappa shape index (κ1) is 25.9. The number of hydrogen-bond donors (Lipinski definition) is 2. The van der Waals surface area contributed by atoms with Crippen molar-refractivity contribution in [3.8, 4) is 5.75 Å². The molecule has 7 nitrogen and oxygen atoms in total. The van der Waals surface area contributed by atoms with Crippen LogP contribution < -0.4 is 10.1 Å². The molecule has 0 radical (unpaired) electrons. The fraction of sp³-hybridized carbons (Fsp3) is 0.333. The zero-order valence-corrected chi connectivity index (χ0v) is 21.2. The van der Waals surface area contributed by atoms with E-state index in [0.717, 1.165) is 36.9 Å². The van der Waals surface area contributed by atoms with Crippen molar-refractivity contribution in [3.05, 3.63) is 86.9 Å². The van der Waals surface area contributed by atoms with Crippen LogP contribution in [0.15, 0.2) is 48.8 Å². The summed E-state index contributed by atoms with van der Waals surface area (Å²) in [6, 6.07) is 10.3. The molecule has 0 unspecified atom stereocenters. The number of halogens is 2. The highest BCUT2D eigenvalue weighted by atomic mass is 35.5. The number of nitrogens with zero attached hydrogens (tertiary/aromatic N) is 2. The summed E-state index contributed by atoms with van der Waals surface area (Å²) in [5.74, 6) is -1.14. The first-order valence-electron chi connectivity index (χ1n) is 11.9. The second-order valence-corrected chi connectivity index (χ2v) is 9.57. The zero-order chi connectivity index (χ0) is 25.5. The van der Waals surface area contributed by atoms with Gasteiger partial charge in [0.2, 0.25) is 0 Å². The lowest BCUT2D eigenvalue weighted by atomic mass is 9.95. The van der Waals surface area contributed by atoms with Crippen molar-refractivity contribution in [3.63, 3.8) is 0 Å². The van der Waals surface area contributed by atoms with Crippen LogP contribution in [0.3, 0.4) is 0 Å². The third-order valence-corrected chi connectivity index (χ3v) is 6.70. The van der Waals surface area contributed by atoms with Gasteiger partial charge in [-0.3, -0.25) is 14.8 Å². The van der Waals surface area contributed by atoms with Crippen molar-refractivity contribution in [2.45, 2.75) is 51.0 Å². The number of fused-ring (bicyclic) bond motifs is 1. The van der Waals surface area contributed by atoms with Crippen molar-refractivity contribution < 1.29 is 19.4 Å². The summed E-state index contributed by atoms with van der Waals surface area (Å²) in [5, 5.41) is 12.2. The van der Waals surface area contributed by atoms with Crippen molar-refractivity contribution in [1.29, 1.82) is 0 Å². The Bertz CT molecular complexity index is 1210. The summed E-state index contributed by atoms with van der Waals surface area (Å²) in [4.78, 5) is 32.9. The van der Waals surface area contributed by atoms with Gasteiger partial charge in [0.05, 0.1) is 22.2 Å². The quantitative estimate of drug-likeness (QED) is 0.355. The van der Waals surface area contributed by atoms with E-state index in [1.54, 1.807) is 24.3 Å². The highest BCUT2D eigenvalue weighted by molar-refractivity contribution is 6.39. The van der Waals surface area contributed by atoms with Gasteiger partial charge in [-0.1, -0.05) is 41.4 Å². The van der Waals surface area contributed by atoms with Crippen LogP contribution in [-0.2, 0) is 30.5 Å². The van der Waals surface area contributed by atoms with Crippen LogP contribution in [0.25, 0.3) is 0 Å². The molecule has 0 bridgehead atoms. The standard InChI is InChI=1S/C27H27Cl2N3O4/c28-21-15-30-16-22(29)25(21)26(33)32-24(27(34)35)14-17-7-11-20(12-8-17)36-13-3-5-19-10-9-18-4-1-2-6-23(18)31-19/h7-12,15-16,24H,1-6,13-14H2,(H,32,33)(H,34,35)/t24-/m0/s1. The van der Waals surface area contributed by atoms with Crippen molar-refractivity contribution in [2.24, 2.45) is 0 Å². The molecule has 0 aliphatic heterocycles. The number of rotatable bonds is 10. The number of ether oxygens (including phenoxy) is 1. The van der Waals surface area contributed by atoms with E-state index in [1.165, 1.54) is 36.5 Å². The molecular formula is C27H27Cl2N3O4. The molecule has 1 amide bonds. The number of aromatic nitrogens is 2. The molecule has 4 rings (SSSR count). The molecule has 36 heavy (non-hydrogen) atoms. The number of hydrogen-bond acceptors (Lipinski definition) is 5. The van der Waals surface area contributed by atoms with Gasteiger partial charge in [0.25, 0.3) is 5.91 Å². The molecule has 2 N–H and O–H groups in total. The lowest BCUT2D eigenvalue weighted by molar-refractivity contribution is -0.139. The van der Waals surface area contributed by atoms with Gasteiger partial charge in [-0.25, -0.2) is 4.79 Å². The van der Waals surface area contributed by atoms with Crippen molar-refractivity contribution >= 4 is 35.1 Å². The Labute approximate surface area is 219 Å². The fourth-order valence-corrected chi connectivity index (χ4v) is 4.76. The smallest absolute Gasteiger partial charge is 0.326 e. The lowest BCUT2D eigenvalue weighted by Crippen LogP contribution is -2.42. The molecule has 2 heterocycles. The van der Waals surface area contributed by atoms with Gasteiger partial charge in [0, 0.05) is 30.2 Å². The first-order valence-corrected chi connectivity index (χ1v) is 12.7. The third-order valence-electron chi connectivity index (χ3n) is 6.13. The average molecular weight is 528 g/mol. The number of carbonyl (C=O) groups is 2. The second kappa shape index (κ2) is 12.2. The van der Waals surface area contributed by atoms with Gasteiger partial charge in [-0.15, -0.1) is 0 Å². The Kier molecular flexibility index (Phi) is 8.78. The minimum Gasteiger partial charge on any atom is -0.494 e. The third kappa shape index (κ3) is 6.74. The molecule has 0 saturated heterocycles. The van der Waals surface area contributed by atoms with E-state index in [4.69, 9.17) is 32.9 Å². The Morgan fingerprint density at radius 1 is 1.03 bits per heavy atom. The predicted octanol–water partition coefficient (Wildman–Crippen LogP) is 5.10. The van der Waals surface area contributed by atoms with Crippen LogP contribution in [0.5, 0.6) is 5.75 Å². The maximum Gasteiger partial charge on any atom is 0.326 e. The molecule has 2 aromatic heterocycles. The van der Waals surface area contributed by atoms with E-state index in [1.807, 2.05) is 0 Å². The molecule has 0 saturated carbocycles. The number of carbonyl (C=O) groups excluding carboxylic acids is 1. The highest BCUT2D eigenvalue weighted by Gasteiger charge is 2.24. The van der Waals surface area contributed by atoms with E-state index in [-0.39, 0.29) is 22.0 Å². The Morgan fingerprint density at radius 3 is 2.47 bits per heavy atom. The van der Waals surface area contributed by atoms with Crippen LogP contribution in [0, 0.1) is 0 Å². The van der Waals surface area contributed by atoms with Gasteiger partial charge < -0.3 is 15.2 Å². The molecule has 1 atom stereocenters. The molecule has 1 aliphatic rings. The first-order chi connectivity index (χ1) is 17.4. The number of amides is 1.